The molecular weight excluding hydrogens is 270 g/mol. The first-order valence-corrected chi connectivity index (χ1v) is 7.23. The number of pyridine rings is 1. The van der Waals surface area contributed by atoms with E-state index in [1.807, 2.05) is 32.9 Å². The third-order valence-corrected chi connectivity index (χ3v) is 2.46. The monoisotopic (exact) mass is 295 g/mol. The maximum Gasteiger partial charge on any atom is 0.138 e. The fourth-order valence-electron chi connectivity index (χ4n) is 1.58. The summed E-state index contributed by atoms with van der Waals surface area (Å²) in [5.74, 6) is 1.35. The van der Waals surface area contributed by atoms with Gasteiger partial charge in [0.2, 0.25) is 0 Å². The van der Waals surface area contributed by atoms with E-state index in [0.29, 0.717) is 12.4 Å². The van der Waals surface area contributed by atoms with Gasteiger partial charge in [-0.05, 0) is 32.9 Å². The van der Waals surface area contributed by atoms with Crippen LogP contribution in [-0.2, 0) is 14.2 Å². The second kappa shape index (κ2) is 10.2. The molecule has 1 aliphatic heterocycles. The summed E-state index contributed by atoms with van der Waals surface area (Å²) in [5.41, 5.74) is 0.743. The molecule has 0 radical (unpaired) electrons. The average molecular weight is 295 g/mol. The van der Waals surface area contributed by atoms with Crippen molar-refractivity contribution in [1.29, 1.82) is 0 Å². The van der Waals surface area contributed by atoms with Gasteiger partial charge in [0.15, 0.2) is 0 Å². The maximum absolute atomic E-state index is 5.48. The topological polar surface area (TPSA) is 49.8 Å². The Hall–Kier alpha value is -1.59. The normalized spacial score (nSPS) is 14.1. The minimum atomic E-state index is 0.160. The highest BCUT2D eigenvalue weighted by Gasteiger charge is 2.02. The molecule has 2 rings (SSSR count). The quantitative estimate of drug-likeness (QED) is 0.782. The van der Waals surface area contributed by atoms with E-state index in [2.05, 4.69) is 11.6 Å². The van der Waals surface area contributed by atoms with E-state index in [0.717, 1.165) is 37.9 Å². The van der Waals surface area contributed by atoms with Gasteiger partial charge in [0.1, 0.15) is 17.2 Å². The molecule has 1 aromatic heterocycles. The summed E-state index contributed by atoms with van der Waals surface area (Å²) >= 11 is 0. The Labute approximate surface area is 126 Å². The van der Waals surface area contributed by atoms with Crippen molar-refractivity contribution in [3.8, 4) is 5.75 Å². The molecule has 1 aromatic rings. The van der Waals surface area contributed by atoms with E-state index in [4.69, 9.17) is 18.9 Å². The van der Waals surface area contributed by atoms with E-state index in [1.165, 1.54) is 0 Å². The van der Waals surface area contributed by atoms with Gasteiger partial charge in [-0.2, -0.15) is 0 Å². The summed E-state index contributed by atoms with van der Waals surface area (Å²) < 4.78 is 20.6. The second-order valence-corrected chi connectivity index (χ2v) is 4.63. The van der Waals surface area contributed by atoms with E-state index >= 15 is 0 Å². The Morgan fingerprint density at radius 1 is 1.24 bits per heavy atom. The van der Waals surface area contributed by atoms with Crippen LogP contribution in [0.15, 0.2) is 24.9 Å². The predicted molar refractivity (Wildman–Crippen MR) is 82.3 cm³/mol. The molecule has 0 bridgehead atoms. The number of hydrogen-bond donors (Lipinski definition) is 0. The molecule has 0 amide bonds. The van der Waals surface area contributed by atoms with Crippen LogP contribution in [-0.4, -0.2) is 44.1 Å². The van der Waals surface area contributed by atoms with Crippen LogP contribution in [0, 0.1) is 0 Å². The first kappa shape index (κ1) is 17.5. The van der Waals surface area contributed by atoms with Gasteiger partial charge >= 0.3 is 0 Å². The minimum absolute atomic E-state index is 0.160. The lowest BCUT2D eigenvalue weighted by Crippen LogP contribution is -2.16. The minimum Gasteiger partial charge on any atom is -0.492 e. The molecule has 0 saturated carbocycles. The standard InChI is InChI=1S/C12H17NO2.C4H8O2/c1-5-14-10(4)12-7-6-11(8-13-12)15-9(2)3;1-2-6-4-3-5-1/h6-9H,4-5H2,1-3H3;1-4H2. The molecule has 0 N–H and O–H groups in total. The lowest BCUT2D eigenvalue weighted by Gasteiger charge is -2.10. The lowest BCUT2D eigenvalue weighted by atomic mass is 10.3. The first-order chi connectivity index (χ1) is 10.1. The molecule has 118 valence electrons. The Kier molecular flexibility index (Phi) is 8.47. The highest BCUT2D eigenvalue weighted by Crippen LogP contribution is 2.16. The zero-order valence-corrected chi connectivity index (χ0v) is 13.1. The zero-order valence-electron chi connectivity index (χ0n) is 13.1. The second-order valence-electron chi connectivity index (χ2n) is 4.63. The van der Waals surface area contributed by atoms with Crippen molar-refractivity contribution in [3.05, 3.63) is 30.6 Å². The van der Waals surface area contributed by atoms with Gasteiger partial charge in [-0.3, -0.25) is 0 Å². The van der Waals surface area contributed by atoms with E-state index in [9.17, 15) is 0 Å². The van der Waals surface area contributed by atoms with E-state index < -0.39 is 0 Å². The zero-order chi connectivity index (χ0) is 15.5. The van der Waals surface area contributed by atoms with Crippen molar-refractivity contribution in [2.24, 2.45) is 0 Å². The predicted octanol–water partition coefficient (Wildman–Crippen LogP) is 2.91. The van der Waals surface area contributed by atoms with Gasteiger partial charge in [-0.1, -0.05) is 6.58 Å². The number of rotatable bonds is 5. The molecule has 1 aliphatic rings. The summed E-state index contributed by atoms with van der Waals surface area (Å²) in [7, 11) is 0. The Morgan fingerprint density at radius 2 is 1.86 bits per heavy atom. The van der Waals surface area contributed by atoms with Crippen LogP contribution >= 0.6 is 0 Å². The van der Waals surface area contributed by atoms with Gasteiger partial charge in [-0.15, -0.1) is 0 Å². The number of hydrogen-bond acceptors (Lipinski definition) is 5. The smallest absolute Gasteiger partial charge is 0.138 e. The van der Waals surface area contributed by atoms with Crippen LogP contribution in [0.1, 0.15) is 26.5 Å². The fraction of sp³-hybridized carbons (Fsp3) is 0.562. The molecule has 2 heterocycles. The van der Waals surface area contributed by atoms with E-state index in [1.54, 1.807) is 6.20 Å². The number of ether oxygens (including phenoxy) is 4. The van der Waals surface area contributed by atoms with Gasteiger partial charge in [-0.25, -0.2) is 4.98 Å². The van der Waals surface area contributed by atoms with Crippen LogP contribution in [0.5, 0.6) is 5.75 Å². The highest BCUT2D eigenvalue weighted by atomic mass is 16.6. The molecule has 1 saturated heterocycles. The van der Waals surface area contributed by atoms with Crippen LogP contribution in [0.2, 0.25) is 0 Å². The lowest BCUT2D eigenvalue weighted by molar-refractivity contribution is -0.0334. The summed E-state index contributed by atoms with van der Waals surface area (Å²) in [6.07, 6.45) is 1.84. The number of aromatic nitrogens is 1. The Bertz CT molecular complexity index is 388. The van der Waals surface area contributed by atoms with Gasteiger partial charge in [0.05, 0.1) is 45.3 Å². The van der Waals surface area contributed by atoms with Crippen molar-refractivity contribution in [2.75, 3.05) is 33.0 Å². The maximum atomic E-state index is 5.48. The van der Waals surface area contributed by atoms with Crippen LogP contribution < -0.4 is 4.74 Å². The van der Waals surface area contributed by atoms with Crippen LogP contribution in [0.25, 0.3) is 5.76 Å². The van der Waals surface area contributed by atoms with Crippen molar-refractivity contribution < 1.29 is 18.9 Å². The van der Waals surface area contributed by atoms with Gasteiger partial charge in [0, 0.05) is 0 Å². The Morgan fingerprint density at radius 3 is 2.24 bits per heavy atom. The number of nitrogens with zero attached hydrogens (tertiary/aromatic N) is 1. The summed E-state index contributed by atoms with van der Waals surface area (Å²) in [6.45, 7) is 13.4. The average Bonchev–Trinajstić information content (AvgIpc) is 2.50. The largest absolute Gasteiger partial charge is 0.492 e. The summed E-state index contributed by atoms with van der Waals surface area (Å²) in [6, 6.07) is 3.71. The molecule has 5 heteroatoms. The van der Waals surface area contributed by atoms with Crippen molar-refractivity contribution in [3.63, 3.8) is 0 Å². The molecule has 21 heavy (non-hydrogen) atoms. The molecular formula is C16H25NO4. The summed E-state index contributed by atoms with van der Waals surface area (Å²) in [4.78, 5) is 4.20. The van der Waals surface area contributed by atoms with Gasteiger partial charge in [0.25, 0.3) is 0 Å². The van der Waals surface area contributed by atoms with Crippen molar-refractivity contribution in [1.82, 2.24) is 4.98 Å². The highest BCUT2D eigenvalue weighted by molar-refractivity contribution is 5.53. The molecule has 0 atom stereocenters. The molecule has 0 aromatic carbocycles. The van der Waals surface area contributed by atoms with Crippen molar-refractivity contribution in [2.45, 2.75) is 26.9 Å². The SMILES string of the molecule is C1COCCO1.C=C(OCC)c1ccc(OC(C)C)cn1. The molecule has 0 unspecified atom stereocenters. The molecule has 0 aliphatic carbocycles. The third kappa shape index (κ3) is 7.68. The molecule has 1 fully saturated rings. The Balaban J connectivity index is 0.000000304. The van der Waals surface area contributed by atoms with Crippen LogP contribution in [0.3, 0.4) is 0 Å². The van der Waals surface area contributed by atoms with E-state index in [-0.39, 0.29) is 6.10 Å². The fourth-order valence-corrected chi connectivity index (χ4v) is 1.58. The van der Waals surface area contributed by atoms with Crippen LogP contribution in [0.4, 0.5) is 0 Å². The third-order valence-electron chi connectivity index (χ3n) is 2.46. The summed E-state index contributed by atoms with van der Waals surface area (Å²) in [5, 5.41) is 0. The molecule has 5 nitrogen and oxygen atoms in total. The van der Waals surface area contributed by atoms with Crippen molar-refractivity contribution >= 4 is 5.76 Å². The molecule has 0 spiro atoms. The van der Waals surface area contributed by atoms with Gasteiger partial charge < -0.3 is 18.9 Å². The first-order valence-electron chi connectivity index (χ1n) is 7.23.